The molecular formula is C14H20N2O3. The van der Waals surface area contributed by atoms with E-state index in [1.165, 1.54) is 0 Å². The number of carbonyl (C=O) groups is 1. The molecule has 104 valence electrons. The molecule has 0 aromatic carbocycles. The fourth-order valence-electron chi connectivity index (χ4n) is 2.72. The van der Waals surface area contributed by atoms with Gasteiger partial charge in [0.2, 0.25) is 0 Å². The van der Waals surface area contributed by atoms with Gasteiger partial charge in [-0.15, -0.1) is 0 Å². The Morgan fingerprint density at radius 2 is 2.21 bits per heavy atom. The van der Waals surface area contributed by atoms with Gasteiger partial charge in [0.05, 0.1) is 12.6 Å². The number of aryl methyl sites for hydroxylation is 2. The number of H-pyrrole nitrogens is 1. The maximum Gasteiger partial charge on any atom is 0.261 e. The van der Waals surface area contributed by atoms with Crippen molar-refractivity contribution in [1.29, 1.82) is 0 Å². The number of aromatic nitrogens is 1. The van der Waals surface area contributed by atoms with Crippen LogP contribution in [-0.4, -0.2) is 40.1 Å². The van der Waals surface area contributed by atoms with Crippen LogP contribution >= 0.6 is 0 Å². The molecule has 1 aromatic heterocycles. The van der Waals surface area contributed by atoms with E-state index in [0.29, 0.717) is 12.1 Å². The maximum atomic E-state index is 12.5. The summed E-state index contributed by atoms with van der Waals surface area (Å²) in [7, 11) is 0. The summed E-state index contributed by atoms with van der Waals surface area (Å²) < 4.78 is 0. The van der Waals surface area contributed by atoms with Crippen molar-refractivity contribution in [2.45, 2.75) is 39.2 Å². The first kappa shape index (κ1) is 13.8. The number of aliphatic hydroxyl groups excluding tert-OH is 1. The summed E-state index contributed by atoms with van der Waals surface area (Å²) in [6.45, 7) is 4.12. The third kappa shape index (κ3) is 2.71. The minimum Gasteiger partial charge on any atom is -0.394 e. The Labute approximate surface area is 112 Å². The Morgan fingerprint density at radius 1 is 1.47 bits per heavy atom. The Kier molecular flexibility index (Phi) is 4.04. The molecule has 0 bridgehead atoms. The van der Waals surface area contributed by atoms with Gasteiger partial charge in [-0.1, -0.05) is 0 Å². The van der Waals surface area contributed by atoms with Crippen LogP contribution in [0.25, 0.3) is 0 Å². The molecule has 0 spiro atoms. The lowest BCUT2D eigenvalue weighted by Gasteiger charge is -2.34. The number of nitrogens with zero attached hydrogens (tertiary/aromatic N) is 1. The van der Waals surface area contributed by atoms with Gasteiger partial charge in [-0.25, -0.2) is 0 Å². The van der Waals surface area contributed by atoms with Gasteiger partial charge in [-0.2, -0.15) is 0 Å². The predicted molar refractivity (Wildman–Crippen MR) is 72.3 cm³/mol. The molecule has 1 unspecified atom stereocenters. The first-order chi connectivity index (χ1) is 9.04. The van der Waals surface area contributed by atoms with Crippen LogP contribution in [0.1, 0.15) is 40.9 Å². The first-order valence-electron chi connectivity index (χ1n) is 6.67. The lowest BCUT2D eigenvalue weighted by Crippen LogP contribution is -2.47. The fraction of sp³-hybridized carbons (Fsp3) is 0.571. The van der Waals surface area contributed by atoms with Gasteiger partial charge in [-0.05, 0) is 44.7 Å². The minimum atomic E-state index is -0.343. The highest BCUT2D eigenvalue weighted by Crippen LogP contribution is 2.19. The molecule has 1 saturated heterocycles. The summed E-state index contributed by atoms with van der Waals surface area (Å²) in [5.41, 5.74) is 1.29. The SMILES string of the molecule is Cc1cc(C)c(C(=O)N2CCCCC2CO)c(=O)[nH]1. The number of hydrogen-bond donors (Lipinski definition) is 2. The molecular weight excluding hydrogens is 244 g/mol. The Hall–Kier alpha value is -1.62. The van der Waals surface area contributed by atoms with E-state index in [9.17, 15) is 14.7 Å². The van der Waals surface area contributed by atoms with E-state index in [1.807, 2.05) is 0 Å². The van der Waals surface area contributed by atoms with Crippen molar-refractivity contribution in [3.63, 3.8) is 0 Å². The minimum absolute atomic E-state index is 0.0471. The van der Waals surface area contributed by atoms with Crippen LogP contribution in [-0.2, 0) is 0 Å². The number of piperidine rings is 1. The van der Waals surface area contributed by atoms with Crippen molar-refractivity contribution in [1.82, 2.24) is 9.88 Å². The van der Waals surface area contributed by atoms with Crippen LogP contribution in [0, 0.1) is 13.8 Å². The summed E-state index contributed by atoms with van der Waals surface area (Å²) in [5.74, 6) is -0.266. The number of carbonyl (C=O) groups excluding carboxylic acids is 1. The average Bonchev–Trinajstić information content (AvgIpc) is 2.37. The highest BCUT2D eigenvalue weighted by molar-refractivity contribution is 5.95. The van der Waals surface area contributed by atoms with E-state index >= 15 is 0 Å². The molecule has 0 radical (unpaired) electrons. The zero-order valence-corrected chi connectivity index (χ0v) is 11.4. The van der Waals surface area contributed by atoms with Gasteiger partial charge >= 0.3 is 0 Å². The molecule has 5 nitrogen and oxygen atoms in total. The van der Waals surface area contributed by atoms with Crippen molar-refractivity contribution < 1.29 is 9.90 Å². The molecule has 1 atom stereocenters. The van der Waals surface area contributed by atoms with Gasteiger partial charge < -0.3 is 15.0 Å². The number of hydrogen-bond acceptors (Lipinski definition) is 3. The topological polar surface area (TPSA) is 73.4 Å². The van der Waals surface area contributed by atoms with E-state index in [0.717, 1.165) is 25.0 Å². The van der Waals surface area contributed by atoms with E-state index in [1.54, 1.807) is 24.8 Å². The molecule has 19 heavy (non-hydrogen) atoms. The number of pyridine rings is 1. The number of amides is 1. The van der Waals surface area contributed by atoms with Crippen LogP contribution in [0.2, 0.25) is 0 Å². The van der Waals surface area contributed by atoms with Gasteiger partial charge in [0.15, 0.2) is 0 Å². The Balaban J connectivity index is 2.36. The van der Waals surface area contributed by atoms with E-state index in [2.05, 4.69) is 4.98 Å². The molecule has 5 heteroatoms. The van der Waals surface area contributed by atoms with Gasteiger partial charge in [0.25, 0.3) is 11.5 Å². The highest BCUT2D eigenvalue weighted by atomic mass is 16.3. The average molecular weight is 264 g/mol. The second-order valence-corrected chi connectivity index (χ2v) is 5.17. The molecule has 1 aliphatic heterocycles. The summed E-state index contributed by atoms with van der Waals surface area (Å²) in [4.78, 5) is 28.8. The summed E-state index contributed by atoms with van der Waals surface area (Å²) in [6.07, 6.45) is 2.73. The summed E-state index contributed by atoms with van der Waals surface area (Å²) >= 11 is 0. The van der Waals surface area contributed by atoms with E-state index in [4.69, 9.17) is 0 Å². The summed E-state index contributed by atoms with van der Waals surface area (Å²) in [5, 5.41) is 9.36. The van der Waals surface area contributed by atoms with Crippen molar-refractivity contribution in [2.24, 2.45) is 0 Å². The Morgan fingerprint density at radius 3 is 2.84 bits per heavy atom. The molecule has 1 fully saturated rings. The lowest BCUT2D eigenvalue weighted by atomic mass is 10.0. The molecule has 1 amide bonds. The second kappa shape index (κ2) is 5.57. The maximum absolute atomic E-state index is 12.5. The molecule has 2 N–H and O–H groups in total. The van der Waals surface area contributed by atoms with Crippen molar-refractivity contribution in [2.75, 3.05) is 13.2 Å². The van der Waals surface area contributed by atoms with Crippen LogP contribution < -0.4 is 5.56 Å². The molecule has 1 aromatic rings. The number of rotatable bonds is 2. The predicted octanol–water partition coefficient (Wildman–Crippen LogP) is 0.979. The van der Waals surface area contributed by atoms with Crippen LogP contribution in [0.4, 0.5) is 0 Å². The zero-order valence-electron chi connectivity index (χ0n) is 11.4. The number of likely N-dealkylation sites (tertiary alicyclic amines) is 1. The third-order valence-corrected chi connectivity index (χ3v) is 3.68. The van der Waals surface area contributed by atoms with Crippen molar-refractivity contribution in [3.05, 3.63) is 33.2 Å². The van der Waals surface area contributed by atoms with Gasteiger partial charge in [-0.3, -0.25) is 9.59 Å². The van der Waals surface area contributed by atoms with Gasteiger partial charge in [0, 0.05) is 12.2 Å². The first-order valence-corrected chi connectivity index (χ1v) is 6.67. The molecule has 1 aliphatic rings. The smallest absolute Gasteiger partial charge is 0.261 e. The standard InChI is InChI=1S/C14H20N2O3/c1-9-7-10(2)15-13(18)12(9)14(19)16-6-4-3-5-11(16)8-17/h7,11,17H,3-6,8H2,1-2H3,(H,15,18). The van der Waals surface area contributed by atoms with E-state index in [-0.39, 0.29) is 29.7 Å². The van der Waals surface area contributed by atoms with Crippen LogP contribution in [0.3, 0.4) is 0 Å². The van der Waals surface area contributed by atoms with Crippen LogP contribution in [0.5, 0.6) is 0 Å². The second-order valence-electron chi connectivity index (χ2n) is 5.17. The monoisotopic (exact) mass is 264 g/mol. The summed E-state index contributed by atoms with van der Waals surface area (Å²) in [6, 6.07) is 1.63. The Bertz CT molecular complexity index is 536. The van der Waals surface area contributed by atoms with Crippen LogP contribution in [0.15, 0.2) is 10.9 Å². The highest BCUT2D eigenvalue weighted by Gasteiger charge is 2.29. The zero-order chi connectivity index (χ0) is 14.0. The molecule has 0 aliphatic carbocycles. The molecule has 2 heterocycles. The quantitative estimate of drug-likeness (QED) is 0.836. The lowest BCUT2D eigenvalue weighted by molar-refractivity contribution is 0.0500. The number of nitrogens with one attached hydrogen (secondary N) is 1. The fourth-order valence-corrected chi connectivity index (χ4v) is 2.72. The largest absolute Gasteiger partial charge is 0.394 e. The van der Waals surface area contributed by atoms with Gasteiger partial charge in [0.1, 0.15) is 5.56 Å². The molecule has 2 rings (SSSR count). The van der Waals surface area contributed by atoms with E-state index < -0.39 is 0 Å². The van der Waals surface area contributed by atoms with Crippen molar-refractivity contribution >= 4 is 5.91 Å². The molecule has 0 saturated carbocycles. The van der Waals surface area contributed by atoms with Crippen molar-refractivity contribution in [3.8, 4) is 0 Å². The number of aromatic amines is 1. The normalized spacial score (nSPS) is 19.5. The number of aliphatic hydroxyl groups is 1. The third-order valence-electron chi connectivity index (χ3n) is 3.68.